The van der Waals surface area contributed by atoms with Gasteiger partial charge in [-0.05, 0) is 49.5 Å². The van der Waals surface area contributed by atoms with Crippen molar-refractivity contribution < 1.29 is 13.2 Å². The van der Waals surface area contributed by atoms with Crippen molar-refractivity contribution in [2.75, 3.05) is 25.4 Å². The van der Waals surface area contributed by atoms with Crippen LogP contribution in [0.1, 0.15) is 18.4 Å². The summed E-state index contributed by atoms with van der Waals surface area (Å²) in [7, 11) is -3.44. The molecule has 122 valence electrons. The van der Waals surface area contributed by atoms with E-state index in [1.54, 1.807) is 24.3 Å². The molecule has 7 heteroatoms. The topological polar surface area (TPSA) is 75.3 Å². The fourth-order valence-corrected chi connectivity index (χ4v) is 4.08. The van der Waals surface area contributed by atoms with E-state index in [1.165, 1.54) is 0 Å². The van der Waals surface area contributed by atoms with Gasteiger partial charge in [0, 0.05) is 11.0 Å². The number of carbonyl (C=O) groups excluding carboxylic acids is 1. The van der Waals surface area contributed by atoms with E-state index in [2.05, 4.69) is 26.6 Å². The third kappa shape index (κ3) is 6.06. The molecule has 1 heterocycles. The summed E-state index contributed by atoms with van der Waals surface area (Å²) in [6, 6.07) is 7.07. The first-order chi connectivity index (χ1) is 10.4. The number of nitrogens with one attached hydrogen (secondary N) is 2. The quantitative estimate of drug-likeness (QED) is 0.741. The minimum Gasteiger partial charge on any atom is -0.355 e. The zero-order chi connectivity index (χ0) is 16.0. The van der Waals surface area contributed by atoms with Crippen LogP contribution in [0.3, 0.4) is 0 Å². The van der Waals surface area contributed by atoms with Crippen LogP contribution < -0.4 is 10.6 Å². The van der Waals surface area contributed by atoms with Gasteiger partial charge in [-0.25, -0.2) is 8.42 Å². The van der Waals surface area contributed by atoms with E-state index in [-0.39, 0.29) is 5.75 Å². The Kier molecular flexibility index (Phi) is 6.40. The summed E-state index contributed by atoms with van der Waals surface area (Å²) in [4.78, 5) is 11.8. The number of carbonyl (C=O) groups is 1. The minimum atomic E-state index is -3.44. The van der Waals surface area contributed by atoms with Gasteiger partial charge in [-0.15, -0.1) is 0 Å². The molecule has 2 rings (SSSR count). The number of hydrogen-bond acceptors (Lipinski definition) is 4. The Morgan fingerprint density at radius 2 is 2.05 bits per heavy atom. The predicted molar refractivity (Wildman–Crippen MR) is 90.2 cm³/mol. The molecule has 0 saturated carbocycles. The highest BCUT2D eigenvalue weighted by Gasteiger charge is 2.18. The van der Waals surface area contributed by atoms with Gasteiger partial charge in [0.15, 0.2) is 9.84 Å². The summed E-state index contributed by atoms with van der Waals surface area (Å²) in [5, 5.41) is 5.98. The zero-order valence-corrected chi connectivity index (χ0v) is 14.7. The van der Waals surface area contributed by atoms with E-state index in [0.29, 0.717) is 18.0 Å². The highest BCUT2D eigenvalue weighted by Crippen LogP contribution is 2.13. The van der Waals surface area contributed by atoms with Crippen LogP contribution >= 0.6 is 15.9 Å². The Labute approximate surface area is 139 Å². The molecular formula is C15H21BrN2O3S. The molecule has 1 aliphatic heterocycles. The Bertz CT molecular complexity index is 596. The lowest BCUT2D eigenvalue weighted by molar-refractivity contribution is -0.118. The molecule has 1 saturated heterocycles. The summed E-state index contributed by atoms with van der Waals surface area (Å²) < 4.78 is 25.0. The highest BCUT2D eigenvalue weighted by molar-refractivity contribution is 9.10. The molecule has 22 heavy (non-hydrogen) atoms. The van der Waals surface area contributed by atoms with Crippen LogP contribution in [0, 0.1) is 5.92 Å². The standard InChI is InChI=1S/C15H21BrN2O3S/c16-14-3-1-13(2-4-14)10-22(20,21)11-15(19)18-8-6-12-5-7-17-9-12/h1-4,12,17H,5-11H2,(H,18,19). The Morgan fingerprint density at radius 3 is 2.68 bits per heavy atom. The Hall–Kier alpha value is -0.920. The lowest BCUT2D eigenvalue weighted by Gasteiger charge is -2.10. The van der Waals surface area contributed by atoms with Gasteiger partial charge >= 0.3 is 0 Å². The average molecular weight is 389 g/mol. The van der Waals surface area contributed by atoms with Crippen LogP contribution in [0.25, 0.3) is 0 Å². The van der Waals surface area contributed by atoms with Gasteiger partial charge in [-0.2, -0.15) is 0 Å². The summed E-state index contributed by atoms with van der Waals surface area (Å²) in [5.74, 6) is -0.394. The third-order valence-corrected chi connectivity index (χ3v) is 5.69. The average Bonchev–Trinajstić information content (AvgIpc) is 2.93. The molecule has 5 nitrogen and oxygen atoms in total. The fourth-order valence-electron chi connectivity index (χ4n) is 2.51. The first-order valence-electron chi connectivity index (χ1n) is 7.37. The molecule has 0 bridgehead atoms. The number of amides is 1. The van der Waals surface area contributed by atoms with Gasteiger partial charge in [-0.3, -0.25) is 4.79 Å². The second-order valence-corrected chi connectivity index (χ2v) is 8.64. The van der Waals surface area contributed by atoms with E-state index < -0.39 is 21.5 Å². The first-order valence-corrected chi connectivity index (χ1v) is 9.98. The largest absolute Gasteiger partial charge is 0.355 e. The maximum atomic E-state index is 12.0. The molecular weight excluding hydrogens is 368 g/mol. The van der Waals surface area contributed by atoms with Crippen molar-refractivity contribution >= 4 is 31.7 Å². The molecule has 1 fully saturated rings. The number of hydrogen-bond donors (Lipinski definition) is 2. The van der Waals surface area contributed by atoms with Crippen molar-refractivity contribution in [1.29, 1.82) is 0 Å². The zero-order valence-electron chi connectivity index (χ0n) is 12.3. The van der Waals surface area contributed by atoms with Gasteiger partial charge in [0.25, 0.3) is 0 Å². The lowest BCUT2D eigenvalue weighted by Crippen LogP contribution is -2.32. The maximum absolute atomic E-state index is 12.0. The van der Waals surface area contributed by atoms with E-state index in [0.717, 1.165) is 30.4 Å². The Morgan fingerprint density at radius 1 is 1.32 bits per heavy atom. The smallest absolute Gasteiger partial charge is 0.235 e. The second kappa shape index (κ2) is 8.08. The van der Waals surface area contributed by atoms with Crippen LogP contribution in [-0.4, -0.2) is 39.7 Å². The number of halogens is 1. The van der Waals surface area contributed by atoms with Crippen molar-refractivity contribution in [2.45, 2.75) is 18.6 Å². The van der Waals surface area contributed by atoms with E-state index >= 15 is 0 Å². The van der Waals surface area contributed by atoms with E-state index in [4.69, 9.17) is 0 Å². The fraction of sp³-hybridized carbons (Fsp3) is 0.533. The summed E-state index contributed by atoms with van der Waals surface area (Å²) in [6.07, 6.45) is 2.02. The second-order valence-electron chi connectivity index (χ2n) is 5.66. The van der Waals surface area contributed by atoms with Crippen LogP contribution in [0.2, 0.25) is 0 Å². The molecule has 1 aromatic rings. The normalized spacial score (nSPS) is 18.3. The molecule has 0 spiro atoms. The molecule has 1 aromatic carbocycles. The molecule has 1 amide bonds. The Balaban J connectivity index is 1.75. The molecule has 0 aromatic heterocycles. The highest BCUT2D eigenvalue weighted by atomic mass is 79.9. The van der Waals surface area contributed by atoms with Crippen LogP contribution in [0.5, 0.6) is 0 Å². The van der Waals surface area contributed by atoms with Crippen LogP contribution in [0.15, 0.2) is 28.7 Å². The van der Waals surface area contributed by atoms with Crippen molar-refractivity contribution in [3.05, 3.63) is 34.3 Å². The molecule has 1 unspecified atom stereocenters. The van der Waals surface area contributed by atoms with Gasteiger partial charge in [0.1, 0.15) is 5.75 Å². The molecule has 1 atom stereocenters. The summed E-state index contributed by atoms with van der Waals surface area (Å²) >= 11 is 3.30. The molecule has 2 N–H and O–H groups in total. The van der Waals surface area contributed by atoms with Gasteiger partial charge in [-0.1, -0.05) is 28.1 Å². The van der Waals surface area contributed by atoms with E-state index in [9.17, 15) is 13.2 Å². The number of benzene rings is 1. The molecule has 0 aliphatic carbocycles. The number of rotatable bonds is 7. The van der Waals surface area contributed by atoms with Gasteiger partial charge in [0.05, 0.1) is 5.75 Å². The molecule has 1 aliphatic rings. The SMILES string of the molecule is O=C(CS(=O)(=O)Cc1ccc(Br)cc1)NCCC1CCNC1. The monoisotopic (exact) mass is 388 g/mol. The number of sulfone groups is 1. The van der Waals surface area contributed by atoms with Crippen molar-refractivity contribution in [3.63, 3.8) is 0 Å². The summed E-state index contributed by atoms with van der Waals surface area (Å²) in [5.41, 5.74) is 0.688. The van der Waals surface area contributed by atoms with Crippen LogP contribution in [-0.2, 0) is 20.4 Å². The van der Waals surface area contributed by atoms with Crippen molar-refractivity contribution in [1.82, 2.24) is 10.6 Å². The first kappa shape index (κ1) is 17.4. The van der Waals surface area contributed by atoms with Gasteiger partial charge < -0.3 is 10.6 Å². The third-order valence-electron chi connectivity index (χ3n) is 3.69. The minimum absolute atomic E-state index is 0.111. The van der Waals surface area contributed by atoms with Gasteiger partial charge in [0.2, 0.25) is 5.91 Å². The maximum Gasteiger partial charge on any atom is 0.235 e. The van der Waals surface area contributed by atoms with Crippen molar-refractivity contribution in [2.24, 2.45) is 5.92 Å². The lowest BCUT2D eigenvalue weighted by atomic mass is 10.1. The summed E-state index contributed by atoms with van der Waals surface area (Å²) in [6.45, 7) is 2.55. The van der Waals surface area contributed by atoms with Crippen LogP contribution in [0.4, 0.5) is 0 Å². The van der Waals surface area contributed by atoms with Crippen molar-refractivity contribution in [3.8, 4) is 0 Å². The molecule has 0 radical (unpaired) electrons. The van der Waals surface area contributed by atoms with E-state index in [1.807, 2.05) is 0 Å². The predicted octanol–water partition coefficient (Wildman–Crippen LogP) is 1.48.